The van der Waals surface area contributed by atoms with E-state index >= 15 is 0 Å². The van der Waals surface area contributed by atoms with Crippen molar-refractivity contribution in [2.24, 2.45) is 0 Å². The normalized spacial score (nSPS) is 12.8. The minimum absolute atomic E-state index is 0.167. The highest BCUT2D eigenvalue weighted by Gasteiger charge is 2.25. The van der Waals surface area contributed by atoms with Crippen molar-refractivity contribution in [2.45, 2.75) is 32.7 Å². The Morgan fingerprint density at radius 3 is 2.74 bits per heavy atom. The lowest BCUT2D eigenvalue weighted by atomic mass is 10.0. The number of benzene rings is 1. The molecule has 1 aliphatic rings. The second-order valence-corrected chi connectivity index (χ2v) is 6.20. The number of anilines is 1. The summed E-state index contributed by atoms with van der Waals surface area (Å²) in [5, 5.41) is 2.78. The summed E-state index contributed by atoms with van der Waals surface area (Å²) in [6.45, 7) is 2.72. The minimum atomic E-state index is -0.540. The van der Waals surface area contributed by atoms with Crippen molar-refractivity contribution >= 4 is 17.6 Å². The van der Waals surface area contributed by atoms with Gasteiger partial charge >= 0.3 is 5.97 Å². The van der Waals surface area contributed by atoms with Crippen LogP contribution in [0.2, 0.25) is 0 Å². The first kappa shape index (κ1) is 18.7. The smallest absolute Gasteiger partial charge is 0.339 e. The zero-order valence-electron chi connectivity index (χ0n) is 15.4. The Bertz CT molecular complexity index is 932. The van der Waals surface area contributed by atoms with Crippen molar-refractivity contribution in [3.8, 4) is 5.75 Å². The van der Waals surface area contributed by atoms with Crippen LogP contribution in [-0.2, 0) is 17.7 Å². The van der Waals surface area contributed by atoms with Crippen LogP contribution in [0.15, 0.2) is 35.1 Å². The number of ether oxygens (including phenoxy) is 2. The van der Waals surface area contributed by atoms with Gasteiger partial charge in [-0.05, 0) is 38.3 Å². The molecule has 1 aromatic carbocycles. The number of esters is 1. The number of nitrogens with one attached hydrogen (secondary N) is 1. The zero-order valence-corrected chi connectivity index (χ0v) is 15.4. The summed E-state index contributed by atoms with van der Waals surface area (Å²) < 4.78 is 12.0. The number of aromatic nitrogens is 1. The molecule has 2 heterocycles. The fourth-order valence-electron chi connectivity index (χ4n) is 3.32. The SMILES string of the molecule is CCOc1cc(=O)n2c(c1C(=O)Nc1ccccc1C(=O)OC)CCCC2. The third-order valence-electron chi connectivity index (χ3n) is 4.53. The molecule has 0 bridgehead atoms. The number of para-hydroxylation sites is 1. The summed E-state index contributed by atoms with van der Waals surface area (Å²) in [5.41, 5.74) is 1.45. The molecule has 0 unspecified atom stereocenters. The topological polar surface area (TPSA) is 86.6 Å². The molecule has 1 aromatic heterocycles. The van der Waals surface area contributed by atoms with Gasteiger partial charge in [-0.3, -0.25) is 9.59 Å². The molecule has 27 heavy (non-hydrogen) atoms. The average Bonchev–Trinajstić information content (AvgIpc) is 2.68. The van der Waals surface area contributed by atoms with Crippen LogP contribution in [0, 0.1) is 0 Å². The molecule has 1 aliphatic heterocycles. The number of carbonyl (C=O) groups is 2. The van der Waals surface area contributed by atoms with Crippen LogP contribution in [0.4, 0.5) is 5.69 Å². The fourth-order valence-corrected chi connectivity index (χ4v) is 3.32. The first-order valence-corrected chi connectivity index (χ1v) is 8.95. The maximum absolute atomic E-state index is 13.1. The number of amides is 1. The Morgan fingerprint density at radius 2 is 2.00 bits per heavy atom. The minimum Gasteiger partial charge on any atom is -0.493 e. The largest absolute Gasteiger partial charge is 0.493 e. The quantitative estimate of drug-likeness (QED) is 0.818. The van der Waals surface area contributed by atoms with E-state index in [0.29, 0.717) is 36.5 Å². The van der Waals surface area contributed by atoms with Crippen LogP contribution >= 0.6 is 0 Å². The third-order valence-corrected chi connectivity index (χ3v) is 4.53. The molecule has 0 radical (unpaired) electrons. The second-order valence-electron chi connectivity index (χ2n) is 6.20. The number of carbonyl (C=O) groups excluding carboxylic acids is 2. The number of hydrogen-bond donors (Lipinski definition) is 1. The standard InChI is InChI=1S/C20H22N2O5/c1-3-27-16-12-17(23)22-11-7-6-10-15(22)18(16)19(24)21-14-9-5-4-8-13(14)20(25)26-2/h4-5,8-9,12H,3,6-7,10-11H2,1-2H3,(H,21,24). The van der Waals surface area contributed by atoms with Gasteiger partial charge in [0.1, 0.15) is 11.3 Å². The van der Waals surface area contributed by atoms with Crippen molar-refractivity contribution in [3.05, 3.63) is 57.5 Å². The van der Waals surface area contributed by atoms with E-state index in [1.54, 1.807) is 35.8 Å². The van der Waals surface area contributed by atoms with Crippen LogP contribution in [0.1, 0.15) is 46.2 Å². The van der Waals surface area contributed by atoms with Crippen LogP contribution in [0.3, 0.4) is 0 Å². The summed E-state index contributed by atoms with van der Waals surface area (Å²) in [5.74, 6) is -0.689. The van der Waals surface area contributed by atoms with Crippen LogP contribution < -0.4 is 15.6 Å². The van der Waals surface area contributed by atoms with Gasteiger partial charge in [0.25, 0.3) is 11.5 Å². The maximum atomic E-state index is 13.1. The predicted molar refractivity (Wildman–Crippen MR) is 101 cm³/mol. The first-order valence-electron chi connectivity index (χ1n) is 8.95. The van der Waals surface area contributed by atoms with E-state index in [1.165, 1.54) is 13.2 Å². The van der Waals surface area contributed by atoms with Crippen molar-refractivity contribution < 1.29 is 19.1 Å². The molecule has 0 saturated heterocycles. The molecule has 3 rings (SSSR count). The van der Waals surface area contributed by atoms with E-state index in [4.69, 9.17) is 9.47 Å². The molecule has 0 atom stereocenters. The summed E-state index contributed by atoms with van der Waals surface area (Å²) >= 11 is 0. The highest BCUT2D eigenvalue weighted by Crippen LogP contribution is 2.27. The van der Waals surface area contributed by atoms with Crippen LogP contribution in [0.25, 0.3) is 0 Å². The number of methoxy groups -OCH3 is 1. The first-order chi connectivity index (χ1) is 13.1. The summed E-state index contributed by atoms with van der Waals surface area (Å²) in [7, 11) is 1.29. The van der Waals surface area contributed by atoms with Gasteiger partial charge in [0.2, 0.25) is 0 Å². The van der Waals surface area contributed by atoms with E-state index in [0.717, 1.165) is 12.8 Å². The highest BCUT2D eigenvalue weighted by molar-refractivity contribution is 6.10. The molecule has 1 N–H and O–H groups in total. The third kappa shape index (κ3) is 3.72. The molecule has 7 nitrogen and oxygen atoms in total. The van der Waals surface area contributed by atoms with E-state index in [-0.39, 0.29) is 16.9 Å². The number of hydrogen-bond acceptors (Lipinski definition) is 5. The molecule has 142 valence electrons. The van der Waals surface area contributed by atoms with E-state index < -0.39 is 11.9 Å². The maximum Gasteiger partial charge on any atom is 0.339 e. The lowest BCUT2D eigenvalue weighted by Gasteiger charge is -2.23. The molecule has 1 amide bonds. The van der Waals surface area contributed by atoms with Gasteiger partial charge in [-0.25, -0.2) is 4.79 Å². The Balaban J connectivity index is 2.05. The van der Waals surface area contributed by atoms with Gasteiger partial charge in [-0.15, -0.1) is 0 Å². The summed E-state index contributed by atoms with van der Waals surface area (Å²) in [6.07, 6.45) is 2.42. The van der Waals surface area contributed by atoms with Gasteiger partial charge < -0.3 is 19.4 Å². The Morgan fingerprint density at radius 1 is 1.22 bits per heavy atom. The van der Waals surface area contributed by atoms with Crippen molar-refractivity contribution in [2.75, 3.05) is 19.0 Å². The van der Waals surface area contributed by atoms with Gasteiger partial charge in [0, 0.05) is 18.3 Å². The van der Waals surface area contributed by atoms with Gasteiger partial charge in [0.05, 0.1) is 25.0 Å². The van der Waals surface area contributed by atoms with Crippen molar-refractivity contribution in [1.82, 2.24) is 4.57 Å². The number of nitrogens with zero attached hydrogens (tertiary/aromatic N) is 1. The Kier molecular flexibility index (Phi) is 5.59. The molecule has 0 fully saturated rings. The van der Waals surface area contributed by atoms with Gasteiger partial charge in [-0.1, -0.05) is 12.1 Å². The van der Waals surface area contributed by atoms with E-state index in [9.17, 15) is 14.4 Å². The highest BCUT2D eigenvalue weighted by atomic mass is 16.5. The molecular weight excluding hydrogens is 348 g/mol. The van der Waals surface area contributed by atoms with Crippen LogP contribution in [-0.4, -0.2) is 30.2 Å². The lowest BCUT2D eigenvalue weighted by Crippen LogP contribution is -2.31. The zero-order chi connectivity index (χ0) is 19.4. The van der Waals surface area contributed by atoms with E-state index in [2.05, 4.69) is 5.32 Å². The average molecular weight is 370 g/mol. The molecule has 2 aromatic rings. The Labute approximate surface area is 156 Å². The molecule has 0 aliphatic carbocycles. The molecular formula is C20H22N2O5. The Hall–Kier alpha value is -3.09. The molecule has 7 heteroatoms. The monoisotopic (exact) mass is 370 g/mol. The predicted octanol–water partition coefficient (Wildman–Crippen LogP) is 2.62. The fraction of sp³-hybridized carbons (Fsp3) is 0.350. The lowest BCUT2D eigenvalue weighted by molar-refractivity contribution is 0.0602. The van der Waals surface area contributed by atoms with Crippen LogP contribution in [0.5, 0.6) is 5.75 Å². The number of rotatable bonds is 5. The number of pyridine rings is 1. The van der Waals surface area contributed by atoms with E-state index in [1.807, 2.05) is 0 Å². The number of fused-ring (bicyclic) bond motifs is 1. The molecule has 0 saturated carbocycles. The van der Waals surface area contributed by atoms with Gasteiger partial charge in [0.15, 0.2) is 0 Å². The second kappa shape index (κ2) is 8.07. The van der Waals surface area contributed by atoms with Crippen molar-refractivity contribution in [3.63, 3.8) is 0 Å². The summed E-state index contributed by atoms with van der Waals surface area (Å²) in [6, 6.07) is 7.98. The molecule has 0 spiro atoms. The van der Waals surface area contributed by atoms with Gasteiger partial charge in [-0.2, -0.15) is 0 Å². The summed E-state index contributed by atoms with van der Waals surface area (Å²) in [4.78, 5) is 37.4. The van der Waals surface area contributed by atoms with Crippen molar-refractivity contribution in [1.29, 1.82) is 0 Å².